The zero-order chi connectivity index (χ0) is 24.9. The third-order valence-corrected chi connectivity index (χ3v) is 5.92. The largest absolute Gasteiger partial charge is 0.452 e. The van der Waals surface area contributed by atoms with Crippen molar-refractivity contribution in [3.63, 3.8) is 0 Å². The van der Waals surface area contributed by atoms with E-state index < -0.39 is 24.3 Å². The van der Waals surface area contributed by atoms with E-state index in [1.54, 1.807) is 17.0 Å². The maximum absolute atomic E-state index is 12.8. The van der Waals surface area contributed by atoms with E-state index in [1.165, 1.54) is 4.90 Å². The number of benzene rings is 1. The summed E-state index contributed by atoms with van der Waals surface area (Å²) in [4.78, 5) is 34.0. The molecule has 0 aliphatic carbocycles. The van der Waals surface area contributed by atoms with Crippen LogP contribution in [0.5, 0.6) is 0 Å². The Balaban J connectivity index is 1.50. The molecule has 0 bridgehead atoms. The lowest BCUT2D eigenvalue weighted by Gasteiger charge is -2.35. The molecule has 2 aromatic rings. The van der Waals surface area contributed by atoms with Crippen molar-refractivity contribution >= 4 is 35.0 Å². The lowest BCUT2D eigenvalue weighted by atomic mass is 10.2. The van der Waals surface area contributed by atoms with E-state index in [-0.39, 0.29) is 16.7 Å². The van der Waals surface area contributed by atoms with Crippen molar-refractivity contribution in [2.45, 2.75) is 20.0 Å². The Morgan fingerprint density at radius 2 is 1.71 bits per heavy atom. The summed E-state index contributed by atoms with van der Waals surface area (Å²) in [7, 11) is 0. The predicted octanol–water partition coefficient (Wildman–Crippen LogP) is 4.11. The molecule has 1 aliphatic rings. The summed E-state index contributed by atoms with van der Waals surface area (Å²) in [6.07, 6.45) is -3.78. The Bertz CT molecular complexity index is 1010. The Morgan fingerprint density at radius 1 is 1.09 bits per heavy atom. The van der Waals surface area contributed by atoms with Crippen LogP contribution in [0.3, 0.4) is 0 Å². The summed E-state index contributed by atoms with van der Waals surface area (Å²) in [6, 6.07) is 7.85. The Kier molecular flexibility index (Phi) is 8.24. The molecule has 1 aromatic heterocycles. The van der Waals surface area contributed by atoms with Crippen LogP contribution in [0, 0.1) is 0 Å². The van der Waals surface area contributed by atoms with Crippen LogP contribution >= 0.6 is 11.6 Å². The number of nitrogens with zero attached hydrogens (tertiary/aromatic N) is 4. The Hall–Kier alpha value is -3.01. The fourth-order valence-corrected chi connectivity index (χ4v) is 3.97. The first-order chi connectivity index (χ1) is 16.1. The molecule has 0 radical (unpaired) electrons. The van der Waals surface area contributed by atoms with Gasteiger partial charge in [0.1, 0.15) is 5.82 Å². The molecule has 11 heteroatoms. The SMILES string of the molecule is CCN(CC)c1ccc(C(=O)OCC(=O)N2CCN(c3ncc(C(F)(F)F)cc3Cl)CC2)cc1. The molecule has 1 fully saturated rings. The molecular formula is C23H26ClF3N4O3. The van der Waals surface area contributed by atoms with Gasteiger partial charge < -0.3 is 19.4 Å². The number of hydrogen-bond acceptors (Lipinski definition) is 6. The van der Waals surface area contributed by atoms with Crippen molar-refractivity contribution in [3.05, 3.63) is 52.7 Å². The van der Waals surface area contributed by atoms with Crippen LogP contribution < -0.4 is 9.80 Å². The lowest BCUT2D eigenvalue weighted by Crippen LogP contribution is -2.50. The first-order valence-electron chi connectivity index (χ1n) is 10.9. The van der Waals surface area contributed by atoms with Gasteiger partial charge in [-0.05, 0) is 44.2 Å². The highest BCUT2D eigenvalue weighted by atomic mass is 35.5. The van der Waals surface area contributed by atoms with Crippen LogP contribution in [0.4, 0.5) is 24.7 Å². The zero-order valence-electron chi connectivity index (χ0n) is 18.9. The average molecular weight is 499 g/mol. The number of amides is 1. The van der Waals surface area contributed by atoms with Gasteiger partial charge in [-0.3, -0.25) is 4.79 Å². The average Bonchev–Trinajstić information content (AvgIpc) is 2.83. The maximum atomic E-state index is 12.8. The summed E-state index contributed by atoms with van der Waals surface area (Å²) in [6.45, 7) is 6.68. The first kappa shape index (κ1) is 25.6. The second-order valence-electron chi connectivity index (χ2n) is 7.69. The van der Waals surface area contributed by atoms with E-state index in [2.05, 4.69) is 9.88 Å². The van der Waals surface area contributed by atoms with Crippen LogP contribution in [0.15, 0.2) is 36.5 Å². The van der Waals surface area contributed by atoms with E-state index >= 15 is 0 Å². The quantitative estimate of drug-likeness (QED) is 0.535. The van der Waals surface area contributed by atoms with Crippen molar-refractivity contribution in [1.82, 2.24) is 9.88 Å². The Morgan fingerprint density at radius 3 is 2.24 bits per heavy atom. The van der Waals surface area contributed by atoms with Gasteiger partial charge in [0.05, 0.1) is 16.1 Å². The monoisotopic (exact) mass is 498 g/mol. The van der Waals surface area contributed by atoms with Gasteiger partial charge >= 0.3 is 12.1 Å². The smallest absolute Gasteiger partial charge is 0.417 e. The second-order valence-corrected chi connectivity index (χ2v) is 8.10. The van der Waals surface area contributed by atoms with Crippen molar-refractivity contribution < 1.29 is 27.5 Å². The topological polar surface area (TPSA) is 66.0 Å². The fraction of sp³-hybridized carbons (Fsp3) is 0.435. The first-order valence-corrected chi connectivity index (χ1v) is 11.3. The summed E-state index contributed by atoms with van der Waals surface area (Å²) in [5, 5.41) is -0.101. The van der Waals surface area contributed by atoms with Crippen LogP contribution in [-0.4, -0.2) is 67.6 Å². The standard InChI is InChI=1S/C23H26ClF3N4O3/c1-3-29(4-2)18-7-5-16(6-8-18)22(33)34-15-20(32)30-9-11-31(12-10-30)21-19(24)13-17(14-28-21)23(25,26)27/h5-8,13-14H,3-4,9-12,15H2,1-2H3. The number of alkyl halides is 3. The number of aromatic nitrogens is 1. The van der Waals surface area contributed by atoms with Gasteiger partial charge in [-0.25, -0.2) is 9.78 Å². The van der Waals surface area contributed by atoms with E-state index in [4.69, 9.17) is 16.3 Å². The molecule has 34 heavy (non-hydrogen) atoms. The molecule has 0 spiro atoms. The molecule has 1 aliphatic heterocycles. The van der Waals surface area contributed by atoms with Crippen LogP contribution in [0.25, 0.3) is 0 Å². The number of carbonyl (C=O) groups excluding carboxylic acids is 2. The third kappa shape index (κ3) is 6.11. The van der Waals surface area contributed by atoms with Gasteiger partial charge in [0.25, 0.3) is 5.91 Å². The lowest BCUT2D eigenvalue weighted by molar-refractivity contribution is -0.138. The second kappa shape index (κ2) is 10.9. The number of carbonyl (C=O) groups is 2. The van der Waals surface area contributed by atoms with Crippen molar-refractivity contribution in [3.8, 4) is 0 Å². The molecule has 0 N–H and O–H groups in total. The minimum Gasteiger partial charge on any atom is -0.452 e. The number of esters is 1. The fourth-order valence-electron chi connectivity index (χ4n) is 3.69. The zero-order valence-corrected chi connectivity index (χ0v) is 19.7. The van der Waals surface area contributed by atoms with Crippen LogP contribution in [0.1, 0.15) is 29.8 Å². The number of pyridine rings is 1. The third-order valence-electron chi connectivity index (χ3n) is 5.64. The number of halogens is 4. The van der Waals surface area contributed by atoms with E-state index in [0.717, 1.165) is 31.0 Å². The molecule has 2 heterocycles. The normalized spacial score (nSPS) is 14.2. The van der Waals surface area contributed by atoms with Gasteiger partial charge in [-0.15, -0.1) is 0 Å². The molecule has 3 rings (SSSR count). The number of ether oxygens (including phenoxy) is 1. The summed E-state index contributed by atoms with van der Waals surface area (Å²) < 4.78 is 43.6. The van der Waals surface area contributed by atoms with Crippen molar-refractivity contribution in [2.24, 2.45) is 0 Å². The number of anilines is 2. The number of hydrogen-bond donors (Lipinski definition) is 0. The molecule has 1 amide bonds. The molecule has 7 nitrogen and oxygen atoms in total. The van der Waals surface area contributed by atoms with Crippen molar-refractivity contribution in [2.75, 3.05) is 55.7 Å². The molecule has 0 unspecified atom stereocenters. The Labute approximate surface area is 201 Å². The highest BCUT2D eigenvalue weighted by Gasteiger charge is 2.32. The van der Waals surface area contributed by atoms with E-state index in [9.17, 15) is 22.8 Å². The van der Waals surface area contributed by atoms with Gasteiger partial charge in [0.15, 0.2) is 6.61 Å². The van der Waals surface area contributed by atoms with E-state index in [1.807, 2.05) is 26.0 Å². The maximum Gasteiger partial charge on any atom is 0.417 e. The van der Waals surface area contributed by atoms with Gasteiger partial charge in [0.2, 0.25) is 0 Å². The molecule has 1 aromatic carbocycles. The van der Waals surface area contributed by atoms with Gasteiger partial charge in [0, 0.05) is 51.2 Å². The minimum atomic E-state index is -4.52. The molecule has 0 atom stereocenters. The van der Waals surface area contributed by atoms with Crippen LogP contribution in [-0.2, 0) is 15.7 Å². The molecule has 184 valence electrons. The van der Waals surface area contributed by atoms with Gasteiger partial charge in [-0.1, -0.05) is 11.6 Å². The minimum absolute atomic E-state index is 0.101. The van der Waals surface area contributed by atoms with Crippen molar-refractivity contribution in [1.29, 1.82) is 0 Å². The van der Waals surface area contributed by atoms with Crippen LogP contribution in [0.2, 0.25) is 5.02 Å². The molecular weight excluding hydrogens is 473 g/mol. The highest BCUT2D eigenvalue weighted by molar-refractivity contribution is 6.33. The molecule has 1 saturated heterocycles. The number of piperazine rings is 1. The van der Waals surface area contributed by atoms with E-state index in [0.29, 0.717) is 31.7 Å². The molecule has 0 saturated carbocycles. The predicted molar refractivity (Wildman–Crippen MR) is 123 cm³/mol. The van der Waals surface area contributed by atoms with Gasteiger partial charge in [-0.2, -0.15) is 13.2 Å². The summed E-state index contributed by atoms with van der Waals surface area (Å²) in [5.41, 5.74) is 0.439. The number of rotatable bonds is 7. The summed E-state index contributed by atoms with van der Waals surface area (Å²) >= 11 is 6.01. The highest BCUT2D eigenvalue weighted by Crippen LogP contribution is 2.33. The summed E-state index contributed by atoms with van der Waals surface area (Å²) in [5.74, 6) is -0.695.